The lowest BCUT2D eigenvalue weighted by atomic mass is 9.97. The van der Waals surface area contributed by atoms with Crippen molar-refractivity contribution in [2.24, 2.45) is 0 Å². The lowest BCUT2D eigenvalue weighted by Crippen LogP contribution is -1.93. The van der Waals surface area contributed by atoms with Crippen LogP contribution in [0.5, 0.6) is 0 Å². The largest absolute Gasteiger partial charge is 0.309 e. The SMILES string of the molecule is c1ccc(-n2c3ccccc3c3cc(-c4cnc5c(c4)Cc4cncc(-c6ccc7c(c6)c6ccccc6n7-c6ccccc6)c4-5)ccc32)cc1. The maximum absolute atomic E-state index is 5.18. The smallest absolute Gasteiger partial charge is 0.0748 e. The predicted octanol–water partition coefficient (Wildman–Crippen LogP) is 11.6. The third-order valence-corrected chi connectivity index (χ3v) is 10.6. The Kier molecular flexibility index (Phi) is 5.98. The highest BCUT2D eigenvalue weighted by atomic mass is 15.0. The number of nitrogens with zero attached hydrogens (tertiary/aromatic N) is 4. The van der Waals surface area contributed by atoms with Crippen molar-refractivity contribution in [1.29, 1.82) is 0 Å². The Labute approximate surface area is 294 Å². The van der Waals surface area contributed by atoms with Crippen molar-refractivity contribution < 1.29 is 0 Å². The van der Waals surface area contributed by atoms with E-state index in [9.17, 15) is 0 Å². The summed E-state index contributed by atoms with van der Waals surface area (Å²) in [6.07, 6.45) is 6.89. The maximum atomic E-state index is 5.18. The summed E-state index contributed by atoms with van der Waals surface area (Å²) in [4.78, 5) is 9.92. The van der Waals surface area contributed by atoms with Gasteiger partial charge in [-0.2, -0.15) is 0 Å². The van der Waals surface area contributed by atoms with Crippen LogP contribution < -0.4 is 0 Å². The third kappa shape index (κ3) is 4.20. The number of hydrogen-bond donors (Lipinski definition) is 0. The van der Waals surface area contributed by atoms with Gasteiger partial charge in [-0.25, -0.2) is 0 Å². The number of benzene rings is 6. The molecular weight excluding hydrogens is 621 g/mol. The van der Waals surface area contributed by atoms with Crippen LogP contribution in [0.25, 0.3) is 88.5 Å². The molecular formula is C47H30N4. The molecule has 0 saturated carbocycles. The van der Waals surface area contributed by atoms with E-state index in [1.54, 1.807) is 0 Å². The van der Waals surface area contributed by atoms with Crippen LogP contribution in [-0.4, -0.2) is 19.1 Å². The van der Waals surface area contributed by atoms with Gasteiger partial charge in [-0.1, -0.05) is 84.9 Å². The highest BCUT2D eigenvalue weighted by Crippen LogP contribution is 2.44. The molecule has 4 heteroatoms. The van der Waals surface area contributed by atoms with Crippen molar-refractivity contribution in [2.45, 2.75) is 6.42 Å². The van der Waals surface area contributed by atoms with Crippen LogP contribution in [0.1, 0.15) is 11.1 Å². The molecule has 1 aliphatic carbocycles. The maximum Gasteiger partial charge on any atom is 0.0748 e. The van der Waals surface area contributed by atoms with Crippen molar-refractivity contribution in [3.63, 3.8) is 0 Å². The molecule has 0 amide bonds. The van der Waals surface area contributed by atoms with Crippen molar-refractivity contribution in [2.75, 3.05) is 0 Å². The van der Waals surface area contributed by atoms with E-state index in [0.29, 0.717) is 0 Å². The van der Waals surface area contributed by atoms with Gasteiger partial charge in [0.25, 0.3) is 0 Å². The zero-order chi connectivity index (χ0) is 33.5. The minimum absolute atomic E-state index is 0.817. The average Bonchev–Trinajstić information content (AvgIpc) is 3.85. The van der Waals surface area contributed by atoms with Crippen molar-refractivity contribution in [3.8, 4) is 44.9 Å². The van der Waals surface area contributed by atoms with Gasteiger partial charge >= 0.3 is 0 Å². The zero-order valence-corrected chi connectivity index (χ0v) is 27.7. The van der Waals surface area contributed by atoms with E-state index in [4.69, 9.17) is 9.97 Å². The fourth-order valence-electron chi connectivity index (χ4n) is 8.37. The molecule has 10 aromatic rings. The molecule has 238 valence electrons. The molecule has 0 fully saturated rings. The van der Waals surface area contributed by atoms with Crippen LogP contribution in [0.3, 0.4) is 0 Å². The van der Waals surface area contributed by atoms with E-state index in [2.05, 4.69) is 161 Å². The summed E-state index contributed by atoms with van der Waals surface area (Å²) in [5.74, 6) is 0. The quantitative estimate of drug-likeness (QED) is 0.190. The zero-order valence-electron chi connectivity index (χ0n) is 27.7. The van der Waals surface area contributed by atoms with Gasteiger partial charge in [0.2, 0.25) is 0 Å². The van der Waals surface area contributed by atoms with Gasteiger partial charge < -0.3 is 9.13 Å². The summed E-state index contributed by atoms with van der Waals surface area (Å²) in [6.45, 7) is 0. The number of aromatic nitrogens is 4. The molecule has 0 aliphatic heterocycles. The van der Waals surface area contributed by atoms with Gasteiger partial charge in [-0.05, 0) is 89.0 Å². The van der Waals surface area contributed by atoms with E-state index < -0.39 is 0 Å². The molecule has 0 unspecified atom stereocenters. The number of pyridine rings is 2. The van der Waals surface area contributed by atoms with Gasteiger partial charge in [0, 0.05) is 74.6 Å². The van der Waals surface area contributed by atoms with Gasteiger partial charge in [0.15, 0.2) is 0 Å². The Bertz CT molecular complexity index is 2990. The van der Waals surface area contributed by atoms with E-state index >= 15 is 0 Å². The summed E-state index contributed by atoms with van der Waals surface area (Å²) in [5, 5.41) is 4.96. The van der Waals surface area contributed by atoms with E-state index in [0.717, 1.165) is 34.5 Å². The molecule has 51 heavy (non-hydrogen) atoms. The second kappa shape index (κ2) is 10.9. The van der Waals surface area contributed by atoms with Crippen LogP contribution in [0, 0.1) is 0 Å². The second-order valence-electron chi connectivity index (χ2n) is 13.5. The van der Waals surface area contributed by atoms with Gasteiger partial charge in [-0.3, -0.25) is 9.97 Å². The topological polar surface area (TPSA) is 35.6 Å². The first-order chi connectivity index (χ1) is 25.3. The van der Waals surface area contributed by atoms with Crippen molar-refractivity contribution in [3.05, 3.63) is 181 Å². The Morgan fingerprint density at radius 3 is 1.61 bits per heavy atom. The molecule has 0 radical (unpaired) electrons. The Morgan fingerprint density at radius 2 is 0.961 bits per heavy atom. The third-order valence-electron chi connectivity index (χ3n) is 10.6. The number of hydrogen-bond acceptors (Lipinski definition) is 2. The van der Waals surface area contributed by atoms with Crippen LogP contribution in [0.15, 0.2) is 170 Å². The van der Waals surface area contributed by atoms with Gasteiger partial charge in [-0.15, -0.1) is 0 Å². The second-order valence-corrected chi connectivity index (χ2v) is 13.5. The van der Waals surface area contributed by atoms with Crippen LogP contribution in [0.2, 0.25) is 0 Å². The Hall–Kier alpha value is -6.78. The first kappa shape index (κ1) is 28.1. The van der Waals surface area contributed by atoms with Crippen LogP contribution >= 0.6 is 0 Å². The molecule has 4 aromatic heterocycles. The van der Waals surface area contributed by atoms with Crippen LogP contribution in [-0.2, 0) is 6.42 Å². The molecule has 4 heterocycles. The van der Waals surface area contributed by atoms with Gasteiger partial charge in [0.1, 0.15) is 0 Å². The van der Waals surface area contributed by atoms with E-state index in [-0.39, 0.29) is 0 Å². The standard InChI is InChI=1S/C47H30N4/c1-3-11-35(12-4-1)50-42-17-9-7-15-37(42)39-25-30(19-21-44(39)50)33-23-32-24-34-27-48-29-41(46(34)47(32)49-28-33)31-20-22-45-40(26-31)38-16-8-10-18-43(38)51(45)36-13-5-2-6-14-36/h1-23,25-29H,24H2. The summed E-state index contributed by atoms with van der Waals surface area (Å²) in [7, 11) is 0. The normalized spacial score (nSPS) is 12.2. The van der Waals surface area contributed by atoms with Crippen molar-refractivity contribution >= 4 is 43.6 Å². The minimum atomic E-state index is 0.817. The Morgan fingerprint density at radius 1 is 0.412 bits per heavy atom. The molecule has 0 saturated heterocycles. The molecule has 0 bridgehead atoms. The monoisotopic (exact) mass is 650 g/mol. The number of fused-ring (bicyclic) bond motifs is 9. The molecule has 0 spiro atoms. The molecule has 11 rings (SSSR count). The predicted molar refractivity (Wildman–Crippen MR) is 210 cm³/mol. The van der Waals surface area contributed by atoms with Crippen LogP contribution in [0.4, 0.5) is 0 Å². The molecule has 6 aromatic carbocycles. The van der Waals surface area contributed by atoms with Gasteiger partial charge in [0.05, 0.1) is 27.8 Å². The first-order valence-electron chi connectivity index (χ1n) is 17.4. The highest BCUT2D eigenvalue weighted by Gasteiger charge is 2.25. The van der Waals surface area contributed by atoms with Crippen molar-refractivity contribution in [1.82, 2.24) is 19.1 Å². The number of para-hydroxylation sites is 4. The summed E-state index contributed by atoms with van der Waals surface area (Å²) >= 11 is 0. The average molecular weight is 651 g/mol. The van der Waals surface area contributed by atoms with E-state index in [1.807, 2.05) is 18.6 Å². The number of rotatable bonds is 4. The fraction of sp³-hybridized carbons (Fsp3) is 0.0213. The lowest BCUT2D eigenvalue weighted by Gasteiger charge is -2.11. The fourth-order valence-corrected chi connectivity index (χ4v) is 8.37. The molecule has 0 atom stereocenters. The molecule has 1 aliphatic rings. The highest BCUT2D eigenvalue weighted by molar-refractivity contribution is 6.12. The minimum Gasteiger partial charge on any atom is -0.309 e. The summed E-state index contributed by atoms with van der Waals surface area (Å²) in [6, 6.07) is 54.6. The lowest BCUT2D eigenvalue weighted by molar-refractivity contribution is 1.18. The van der Waals surface area contributed by atoms with E-state index in [1.165, 1.54) is 71.6 Å². The first-order valence-corrected chi connectivity index (χ1v) is 17.4. The summed E-state index contributed by atoms with van der Waals surface area (Å²) in [5.41, 5.74) is 16.4. The Balaban J connectivity index is 1.02. The summed E-state index contributed by atoms with van der Waals surface area (Å²) < 4.78 is 4.72. The molecule has 4 nitrogen and oxygen atoms in total. The molecule has 0 N–H and O–H groups in total.